The number of halogens is 2. The molecule has 8 rings (SSSR count). The molecule has 2 unspecified atom stereocenters. The Hall–Kier alpha value is -5.06. The second kappa shape index (κ2) is 17.1. The smallest absolute Gasteiger partial charge is 0.222 e. The van der Waals surface area contributed by atoms with Crippen molar-refractivity contribution in [2.45, 2.75) is 105 Å². The largest absolute Gasteiger partial charge is 0.366 e. The van der Waals surface area contributed by atoms with Gasteiger partial charge in [-0.25, -0.2) is 0 Å². The quantitative estimate of drug-likeness (QED) is 0.124. The molecule has 2 aliphatic rings. The Bertz CT molecular complexity index is 2620. The highest BCUT2D eigenvalue weighted by Gasteiger charge is 2.36. The summed E-state index contributed by atoms with van der Waals surface area (Å²) in [5.41, 5.74) is 6.00. The molecule has 2 N–H and O–H groups in total. The van der Waals surface area contributed by atoms with Crippen LogP contribution in [0.2, 0.25) is 10.0 Å². The van der Waals surface area contributed by atoms with Crippen molar-refractivity contribution in [2.24, 2.45) is 9.98 Å². The number of carbonyl (C=O) groups is 2. The van der Waals surface area contributed by atoms with Gasteiger partial charge in [0.25, 0.3) is 0 Å². The molecular formula is C46H50Cl2N10O3S2. The van der Waals surface area contributed by atoms with Gasteiger partial charge < -0.3 is 15.4 Å². The van der Waals surface area contributed by atoms with Crippen molar-refractivity contribution in [3.8, 4) is 10.0 Å². The fourth-order valence-corrected chi connectivity index (χ4v) is 10.9. The first-order chi connectivity index (χ1) is 29.8. The lowest BCUT2D eigenvalue weighted by Gasteiger charge is -2.36. The molecular weight excluding hydrogens is 876 g/mol. The van der Waals surface area contributed by atoms with Gasteiger partial charge in [-0.2, -0.15) is 0 Å². The molecule has 328 valence electrons. The Kier molecular flexibility index (Phi) is 12.1. The number of ether oxygens (including phenoxy) is 1. The number of thiophene rings is 2. The molecule has 63 heavy (non-hydrogen) atoms. The SMILES string of the molecule is Cc1sc2c(c1C)C(c1ccc(Cl)cc1)=NC(CC(=O)NCC(C)(C)OC(C)(C)CNC(=O)CC1N=C(c3ccc(Cl)cc3)c3c(sc(C)c3C)-n3c(C)nnc31)c1nnc(C)n1-2. The summed E-state index contributed by atoms with van der Waals surface area (Å²) < 4.78 is 10.7. The first-order valence-electron chi connectivity index (χ1n) is 20.8. The Labute approximate surface area is 385 Å². The summed E-state index contributed by atoms with van der Waals surface area (Å²) in [6.07, 6.45) is 0.0854. The number of aryl methyl sites for hydroxylation is 4. The Morgan fingerprint density at radius 3 is 1.35 bits per heavy atom. The highest BCUT2D eigenvalue weighted by atomic mass is 35.5. The summed E-state index contributed by atoms with van der Waals surface area (Å²) in [7, 11) is 0. The normalized spacial score (nSPS) is 15.9. The van der Waals surface area contributed by atoms with Crippen LogP contribution >= 0.6 is 45.9 Å². The number of amides is 2. The summed E-state index contributed by atoms with van der Waals surface area (Å²) in [5.74, 6) is 2.23. The van der Waals surface area contributed by atoms with Gasteiger partial charge in [0, 0.05) is 55.1 Å². The lowest BCUT2D eigenvalue weighted by molar-refractivity contribution is -0.136. The summed E-state index contributed by atoms with van der Waals surface area (Å²) in [6.45, 7) is 20.3. The molecule has 6 aromatic rings. The minimum absolute atomic E-state index is 0.0427. The number of nitrogens with one attached hydrogen (secondary N) is 2. The van der Waals surface area contributed by atoms with Gasteiger partial charge >= 0.3 is 0 Å². The highest BCUT2D eigenvalue weighted by Crippen LogP contribution is 2.41. The fourth-order valence-electron chi connectivity index (χ4n) is 8.20. The molecule has 2 aromatic carbocycles. The van der Waals surface area contributed by atoms with Crippen LogP contribution in [0.3, 0.4) is 0 Å². The predicted molar refractivity (Wildman–Crippen MR) is 251 cm³/mol. The van der Waals surface area contributed by atoms with Crippen molar-refractivity contribution in [1.29, 1.82) is 0 Å². The zero-order valence-electron chi connectivity index (χ0n) is 37.0. The lowest BCUT2D eigenvalue weighted by atomic mass is 9.99. The van der Waals surface area contributed by atoms with Crippen LogP contribution in [0.5, 0.6) is 0 Å². The van der Waals surface area contributed by atoms with Gasteiger partial charge in [0.2, 0.25) is 11.8 Å². The standard InChI is InChI=1S/C46H50Cl2N10O3S2/c1-23-25(3)62-43-37(23)39(29-11-15-31(47)16-12-29)51-33(41-55-53-27(5)57(41)43)19-35(59)49-21-45(7,8)61-46(9,10)22-50-36(60)20-34-42-56-54-28(6)58(42)44-38(24(2)26(4)63-44)40(52-34)30-13-17-32(48)18-14-30/h11-18,33-34H,19-22H2,1-10H3,(H,49,59)(H,50,60). The average Bonchev–Trinajstić information content (AvgIpc) is 3.91. The molecule has 2 atom stereocenters. The fraction of sp³-hybridized carbons (Fsp3) is 0.391. The van der Waals surface area contributed by atoms with E-state index in [2.05, 4.69) is 58.7 Å². The van der Waals surface area contributed by atoms with Gasteiger partial charge in [-0.05, 0) is 105 Å². The van der Waals surface area contributed by atoms with Crippen molar-refractivity contribution < 1.29 is 14.3 Å². The topological polar surface area (TPSA) is 154 Å². The zero-order valence-corrected chi connectivity index (χ0v) is 40.1. The van der Waals surface area contributed by atoms with Crippen LogP contribution in [0.25, 0.3) is 10.0 Å². The number of nitrogens with zero attached hydrogens (tertiary/aromatic N) is 8. The van der Waals surface area contributed by atoms with Crippen molar-refractivity contribution >= 4 is 69.1 Å². The average molecular weight is 926 g/mol. The van der Waals surface area contributed by atoms with Gasteiger partial charge in [0.15, 0.2) is 11.6 Å². The van der Waals surface area contributed by atoms with Crippen LogP contribution in [-0.4, -0.2) is 77.1 Å². The zero-order chi connectivity index (χ0) is 45.1. The summed E-state index contributed by atoms with van der Waals surface area (Å²) in [6, 6.07) is 14.0. The number of benzene rings is 2. The van der Waals surface area contributed by atoms with E-state index in [1.165, 1.54) is 9.75 Å². The van der Waals surface area contributed by atoms with Gasteiger partial charge in [0.05, 0.1) is 35.5 Å². The van der Waals surface area contributed by atoms with E-state index in [1.54, 1.807) is 22.7 Å². The van der Waals surface area contributed by atoms with E-state index in [0.717, 1.165) is 66.5 Å². The van der Waals surface area contributed by atoms with E-state index < -0.39 is 23.3 Å². The maximum absolute atomic E-state index is 13.8. The number of carbonyl (C=O) groups excluding carboxylic acids is 2. The van der Waals surface area contributed by atoms with Crippen LogP contribution in [0.4, 0.5) is 0 Å². The Morgan fingerprint density at radius 2 is 0.984 bits per heavy atom. The number of rotatable bonds is 12. The number of hydrogen-bond acceptors (Lipinski definition) is 11. The van der Waals surface area contributed by atoms with Crippen LogP contribution in [-0.2, 0) is 14.3 Å². The second-order valence-electron chi connectivity index (χ2n) is 17.4. The number of fused-ring (bicyclic) bond motifs is 6. The Morgan fingerprint density at radius 1 is 0.619 bits per heavy atom. The van der Waals surface area contributed by atoms with Crippen molar-refractivity contribution in [1.82, 2.24) is 40.2 Å². The molecule has 0 aliphatic carbocycles. The third-order valence-electron chi connectivity index (χ3n) is 11.4. The molecule has 13 nitrogen and oxygen atoms in total. The van der Waals surface area contributed by atoms with E-state index >= 15 is 0 Å². The molecule has 0 radical (unpaired) electrons. The third-order valence-corrected chi connectivity index (χ3v) is 14.3. The lowest BCUT2D eigenvalue weighted by Crippen LogP contribution is -2.50. The molecule has 17 heteroatoms. The molecule has 2 aliphatic heterocycles. The monoisotopic (exact) mass is 924 g/mol. The van der Waals surface area contributed by atoms with Crippen molar-refractivity contribution in [2.75, 3.05) is 13.1 Å². The van der Waals surface area contributed by atoms with Crippen molar-refractivity contribution in [3.63, 3.8) is 0 Å². The second-order valence-corrected chi connectivity index (χ2v) is 20.7. The van der Waals surface area contributed by atoms with Gasteiger partial charge in [0.1, 0.15) is 33.7 Å². The first-order valence-corrected chi connectivity index (χ1v) is 23.2. The van der Waals surface area contributed by atoms with E-state index in [4.69, 9.17) is 37.9 Å². The predicted octanol–water partition coefficient (Wildman–Crippen LogP) is 9.20. The van der Waals surface area contributed by atoms with Crippen LogP contribution in [0, 0.1) is 41.5 Å². The molecule has 0 spiro atoms. The van der Waals surface area contributed by atoms with Gasteiger partial charge in [-0.15, -0.1) is 43.1 Å². The van der Waals surface area contributed by atoms with E-state index in [0.29, 0.717) is 21.7 Å². The highest BCUT2D eigenvalue weighted by molar-refractivity contribution is 7.15. The van der Waals surface area contributed by atoms with E-state index in [9.17, 15) is 9.59 Å². The number of hydrogen-bond donors (Lipinski definition) is 2. The molecule has 6 heterocycles. The molecule has 0 fully saturated rings. The molecule has 4 aromatic heterocycles. The molecule has 0 saturated heterocycles. The van der Waals surface area contributed by atoms with E-state index in [1.807, 2.05) is 99.2 Å². The molecule has 2 amide bonds. The minimum Gasteiger partial charge on any atom is -0.366 e. The number of aliphatic imine (C=N–C) groups is 2. The van der Waals surface area contributed by atoms with E-state index in [-0.39, 0.29) is 37.7 Å². The van der Waals surface area contributed by atoms with Crippen LogP contribution in [0.1, 0.15) is 119 Å². The van der Waals surface area contributed by atoms with Gasteiger partial charge in [-0.1, -0.05) is 47.5 Å². The molecule has 0 saturated carbocycles. The summed E-state index contributed by atoms with van der Waals surface area (Å²) >= 11 is 15.9. The third kappa shape index (κ3) is 8.90. The number of aromatic nitrogens is 6. The van der Waals surface area contributed by atoms with Gasteiger partial charge in [-0.3, -0.25) is 28.7 Å². The summed E-state index contributed by atoms with van der Waals surface area (Å²) in [5, 5.41) is 27.3. The minimum atomic E-state index is -0.805. The maximum Gasteiger partial charge on any atom is 0.222 e. The molecule has 0 bridgehead atoms. The van der Waals surface area contributed by atoms with Crippen LogP contribution in [0.15, 0.2) is 58.5 Å². The Balaban J connectivity index is 0.943. The maximum atomic E-state index is 13.8. The van der Waals surface area contributed by atoms with Crippen molar-refractivity contribution in [3.05, 3.63) is 125 Å². The summed E-state index contributed by atoms with van der Waals surface area (Å²) in [4.78, 5) is 40.4. The van der Waals surface area contributed by atoms with Crippen LogP contribution < -0.4 is 10.6 Å². The first kappa shape index (κ1) is 44.5.